The number of nitrogens with one attached hydrogen (secondary N) is 1. The highest BCUT2D eigenvalue weighted by molar-refractivity contribution is 5.43. The zero-order valence-corrected chi connectivity index (χ0v) is 15.8. The fourth-order valence-electron chi connectivity index (χ4n) is 3.17. The molecular weight excluding hydrogens is 314 g/mol. The second-order valence-electron chi connectivity index (χ2n) is 6.38. The van der Waals surface area contributed by atoms with Crippen molar-refractivity contribution in [1.82, 2.24) is 5.32 Å². The quantitative estimate of drug-likeness (QED) is 0.750. The second kappa shape index (κ2) is 9.33. The molecule has 2 atom stereocenters. The molecule has 0 amide bonds. The predicted molar refractivity (Wildman–Crippen MR) is 102 cm³/mol. The lowest BCUT2D eigenvalue weighted by Crippen LogP contribution is -2.37. The van der Waals surface area contributed by atoms with E-state index in [1.165, 1.54) is 11.1 Å². The molecule has 0 heterocycles. The van der Waals surface area contributed by atoms with E-state index in [0.29, 0.717) is 12.1 Å². The van der Waals surface area contributed by atoms with Crippen molar-refractivity contribution in [3.05, 3.63) is 53.6 Å². The van der Waals surface area contributed by atoms with Crippen LogP contribution < -0.4 is 19.5 Å². The van der Waals surface area contributed by atoms with Crippen LogP contribution in [0.5, 0.6) is 17.2 Å². The van der Waals surface area contributed by atoms with Crippen molar-refractivity contribution >= 4 is 0 Å². The molecule has 2 aromatic carbocycles. The Morgan fingerprint density at radius 1 is 0.760 bits per heavy atom. The predicted octanol–water partition coefficient (Wildman–Crippen LogP) is 3.86. The molecule has 0 aromatic heterocycles. The summed E-state index contributed by atoms with van der Waals surface area (Å²) in [5.74, 6) is 2.48. The first-order valence-electron chi connectivity index (χ1n) is 8.66. The molecule has 2 rings (SSSR count). The smallest absolute Gasteiger partial charge is 0.160 e. The van der Waals surface area contributed by atoms with Gasteiger partial charge in [0.25, 0.3) is 0 Å². The van der Waals surface area contributed by atoms with Crippen molar-refractivity contribution in [3.63, 3.8) is 0 Å². The van der Waals surface area contributed by atoms with Gasteiger partial charge in [-0.15, -0.1) is 0 Å². The standard InChI is InChI=1S/C21H29NO3/c1-15(12-17-10-11-20(24-4)21(14-17)25-5)22-16(2)13-18-8-6-7-9-19(18)23-3/h6-11,14-16,22H,12-13H2,1-5H3. The maximum atomic E-state index is 5.44. The minimum atomic E-state index is 0.350. The average molecular weight is 343 g/mol. The van der Waals surface area contributed by atoms with E-state index in [2.05, 4.69) is 37.4 Å². The summed E-state index contributed by atoms with van der Waals surface area (Å²) < 4.78 is 16.1. The van der Waals surface area contributed by atoms with Gasteiger partial charge in [0.15, 0.2) is 11.5 Å². The van der Waals surface area contributed by atoms with Crippen molar-refractivity contribution < 1.29 is 14.2 Å². The topological polar surface area (TPSA) is 39.7 Å². The highest BCUT2D eigenvalue weighted by Crippen LogP contribution is 2.28. The number of rotatable bonds is 9. The molecular formula is C21H29NO3. The summed E-state index contributed by atoms with van der Waals surface area (Å²) in [5, 5.41) is 3.67. The number of hydrogen-bond acceptors (Lipinski definition) is 4. The second-order valence-corrected chi connectivity index (χ2v) is 6.38. The third kappa shape index (κ3) is 5.40. The van der Waals surface area contributed by atoms with Gasteiger partial charge in [0.2, 0.25) is 0 Å². The third-order valence-corrected chi connectivity index (χ3v) is 4.28. The van der Waals surface area contributed by atoms with Crippen LogP contribution in [0.1, 0.15) is 25.0 Å². The lowest BCUT2D eigenvalue weighted by molar-refractivity contribution is 0.354. The molecule has 2 unspecified atom stereocenters. The first-order chi connectivity index (χ1) is 12.1. The largest absolute Gasteiger partial charge is 0.496 e. The minimum Gasteiger partial charge on any atom is -0.496 e. The Labute approximate surface area is 151 Å². The fourth-order valence-corrected chi connectivity index (χ4v) is 3.17. The third-order valence-electron chi connectivity index (χ3n) is 4.28. The molecule has 0 saturated carbocycles. The molecule has 136 valence electrons. The summed E-state index contributed by atoms with van der Waals surface area (Å²) in [4.78, 5) is 0. The minimum absolute atomic E-state index is 0.350. The van der Waals surface area contributed by atoms with E-state index in [9.17, 15) is 0 Å². The first-order valence-corrected chi connectivity index (χ1v) is 8.66. The molecule has 1 N–H and O–H groups in total. The van der Waals surface area contributed by atoms with E-state index in [1.54, 1.807) is 21.3 Å². The summed E-state index contributed by atoms with van der Waals surface area (Å²) in [6.45, 7) is 4.41. The van der Waals surface area contributed by atoms with Crippen molar-refractivity contribution in [2.24, 2.45) is 0 Å². The fraction of sp³-hybridized carbons (Fsp3) is 0.429. The van der Waals surface area contributed by atoms with E-state index >= 15 is 0 Å². The highest BCUT2D eigenvalue weighted by atomic mass is 16.5. The molecule has 4 nitrogen and oxygen atoms in total. The van der Waals surface area contributed by atoms with Gasteiger partial charge >= 0.3 is 0 Å². The number of hydrogen-bond donors (Lipinski definition) is 1. The molecule has 0 aliphatic carbocycles. The van der Waals surface area contributed by atoms with Crippen molar-refractivity contribution in [3.8, 4) is 17.2 Å². The Kier molecular flexibility index (Phi) is 7.14. The van der Waals surface area contributed by atoms with Crippen LogP contribution in [0.25, 0.3) is 0 Å². The molecule has 25 heavy (non-hydrogen) atoms. The van der Waals surface area contributed by atoms with Gasteiger partial charge in [-0.25, -0.2) is 0 Å². The maximum Gasteiger partial charge on any atom is 0.160 e. The molecule has 0 fully saturated rings. The number of benzene rings is 2. The molecule has 0 aliphatic rings. The Bertz CT molecular complexity index is 672. The molecule has 0 spiro atoms. The van der Waals surface area contributed by atoms with Gasteiger partial charge in [0, 0.05) is 12.1 Å². The first kappa shape index (κ1) is 19.1. The summed E-state index contributed by atoms with van der Waals surface area (Å²) in [6.07, 6.45) is 1.86. The molecule has 0 bridgehead atoms. The van der Waals surface area contributed by atoms with E-state index in [0.717, 1.165) is 30.1 Å². The van der Waals surface area contributed by atoms with Crippen molar-refractivity contribution in [1.29, 1.82) is 0 Å². The Hall–Kier alpha value is -2.20. The maximum absolute atomic E-state index is 5.44. The number of methoxy groups -OCH3 is 3. The van der Waals surface area contributed by atoms with E-state index < -0.39 is 0 Å². The molecule has 4 heteroatoms. The summed E-state index contributed by atoms with van der Waals surface area (Å²) in [5.41, 5.74) is 2.45. The average Bonchev–Trinajstić information content (AvgIpc) is 2.61. The van der Waals surface area contributed by atoms with Gasteiger partial charge in [-0.1, -0.05) is 24.3 Å². The molecule has 2 aromatic rings. The van der Waals surface area contributed by atoms with Crippen molar-refractivity contribution in [2.75, 3.05) is 21.3 Å². The molecule has 0 aliphatic heterocycles. The zero-order chi connectivity index (χ0) is 18.2. The molecule has 0 saturated heterocycles. The van der Waals surface area contributed by atoms with Crippen LogP contribution in [-0.4, -0.2) is 33.4 Å². The Balaban J connectivity index is 1.94. The van der Waals surface area contributed by atoms with Gasteiger partial charge in [-0.2, -0.15) is 0 Å². The highest BCUT2D eigenvalue weighted by Gasteiger charge is 2.12. The van der Waals surface area contributed by atoms with Gasteiger partial charge in [0.05, 0.1) is 21.3 Å². The monoisotopic (exact) mass is 343 g/mol. The van der Waals surface area contributed by atoms with Crippen LogP contribution in [0.2, 0.25) is 0 Å². The number of para-hydroxylation sites is 1. The molecule has 0 radical (unpaired) electrons. The SMILES string of the molecule is COc1ccccc1CC(C)NC(C)Cc1ccc(OC)c(OC)c1. The Morgan fingerprint density at radius 2 is 1.40 bits per heavy atom. The van der Waals surface area contributed by atoms with Crippen LogP contribution >= 0.6 is 0 Å². The van der Waals surface area contributed by atoms with E-state index in [-0.39, 0.29) is 0 Å². The number of ether oxygens (including phenoxy) is 3. The summed E-state index contributed by atoms with van der Waals surface area (Å²) >= 11 is 0. The van der Waals surface area contributed by atoms with Crippen molar-refractivity contribution in [2.45, 2.75) is 38.8 Å². The van der Waals surface area contributed by atoms with E-state index in [4.69, 9.17) is 14.2 Å². The lowest BCUT2D eigenvalue weighted by Gasteiger charge is -2.21. The van der Waals surface area contributed by atoms with E-state index in [1.807, 2.05) is 24.3 Å². The lowest BCUT2D eigenvalue weighted by atomic mass is 10.0. The Morgan fingerprint density at radius 3 is 2.08 bits per heavy atom. The van der Waals surface area contributed by atoms with Crippen LogP contribution in [0.4, 0.5) is 0 Å². The van der Waals surface area contributed by atoms with Crippen LogP contribution in [0, 0.1) is 0 Å². The van der Waals surface area contributed by atoms with Crippen LogP contribution in [0.3, 0.4) is 0 Å². The van der Waals surface area contributed by atoms with Gasteiger partial charge < -0.3 is 19.5 Å². The summed E-state index contributed by atoms with van der Waals surface area (Å²) in [6, 6.07) is 15.0. The van der Waals surface area contributed by atoms with Gasteiger partial charge in [0.1, 0.15) is 5.75 Å². The zero-order valence-electron chi connectivity index (χ0n) is 15.8. The van der Waals surface area contributed by atoms with Crippen LogP contribution in [0.15, 0.2) is 42.5 Å². The summed E-state index contributed by atoms with van der Waals surface area (Å²) in [7, 11) is 5.04. The van der Waals surface area contributed by atoms with Crippen LogP contribution in [-0.2, 0) is 12.8 Å². The normalized spacial score (nSPS) is 13.2. The van der Waals surface area contributed by atoms with Gasteiger partial charge in [-0.3, -0.25) is 0 Å². The van der Waals surface area contributed by atoms with Gasteiger partial charge in [-0.05, 0) is 56.0 Å².